The fourth-order valence-electron chi connectivity index (χ4n) is 2.65. The lowest BCUT2D eigenvalue weighted by Gasteiger charge is -2.15. The van der Waals surface area contributed by atoms with Crippen LogP contribution in [0, 0.1) is 0 Å². The molecule has 0 fully saturated rings. The average molecular weight is 364 g/mol. The Morgan fingerprint density at radius 1 is 1.11 bits per heavy atom. The quantitative estimate of drug-likeness (QED) is 0.349. The van der Waals surface area contributed by atoms with Crippen molar-refractivity contribution in [2.24, 2.45) is 0 Å². The van der Waals surface area contributed by atoms with E-state index in [4.69, 9.17) is 13.9 Å². The second kappa shape index (κ2) is 7.70. The predicted octanol–water partition coefficient (Wildman–Crippen LogP) is 3.54. The number of hydrogen-bond acceptors (Lipinski definition) is 6. The van der Waals surface area contributed by atoms with Crippen LogP contribution in [0.5, 0.6) is 5.75 Å². The molecule has 1 aromatic heterocycles. The highest BCUT2D eigenvalue weighted by Crippen LogP contribution is 2.28. The Balaban J connectivity index is 1.84. The molecule has 0 spiro atoms. The second-order valence-corrected chi connectivity index (χ2v) is 5.75. The number of carbonyl (C=O) groups is 2. The van der Waals surface area contributed by atoms with Gasteiger partial charge in [-0.1, -0.05) is 19.2 Å². The van der Waals surface area contributed by atoms with Crippen molar-refractivity contribution >= 4 is 22.9 Å². The Hall–Kier alpha value is -3.67. The molecule has 1 aromatic carbocycles. The van der Waals surface area contributed by atoms with Crippen LogP contribution in [0.25, 0.3) is 11.0 Å². The van der Waals surface area contributed by atoms with Gasteiger partial charge in [-0.05, 0) is 36.8 Å². The van der Waals surface area contributed by atoms with Crippen LogP contribution in [-0.2, 0) is 14.3 Å². The number of fused-ring (bicyclic) bond motifs is 1. The second-order valence-electron chi connectivity index (χ2n) is 5.75. The van der Waals surface area contributed by atoms with E-state index in [1.807, 2.05) is 0 Å². The summed E-state index contributed by atoms with van der Waals surface area (Å²) in [6.07, 6.45) is 7.77. The van der Waals surface area contributed by atoms with Gasteiger partial charge in [0.1, 0.15) is 17.1 Å². The average Bonchev–Trinajstić information content (AvgIpc) is 2.68. The molecule has 0 saturated carbocycles. The summed E-state index contributed by atoms with van der Waals surface area (Å²) in [4.78, 5) is 34.9. The fourth-order valence-corrected chi connectivity index (χ4v) is 2.65. The van der Waals surface area contributed by atoms with Crippen LogP contribution in [0.1, 0.15) is 17.9 Å². The van der Waals surface area contributed by atoms with E-state index < -0.39 is 17.6 Å². The molecule has 6 nitrogen and oxygen atoms in total. The third kappa shape index (κ3) is 4.12. The Morgan fingerprint density at radius 2 is 1.85 bits per heavy atom. The standard InChI is InChI=1S/C21H16O6/c1-3-19(22)25-15-8-5-13(6-9-15)17-11-14-7-10-16(26-20(23)4-2)12-18(14)27-21(17)24/h3-5,7-13H,1-2,6H2. The first kappa shape index (κ1) is 18.1. The van der Waals surface area contributed by atoms with Gasteiger partial charge in [0.05, 0.1) is 0 Å². The number of allylic oxidation sites excluding steroid dienone is 3. The van der Waals surface area contributed by atoms with Crippen molar-refractivity contribution in [3.63, 3.8) is 0 Å². The summed E-state index contributed by atoms with van der Waals surface area (Å²) in [5.74, 6) is -0.662. The van der Waals surface area contributed by atoms with Crippen molar-refractivity contribution in [3.05, 3.63) is 89.5 Å². The zero-order valence-corrected chi connectivity index (χ0v) is 14.3. The molecule has 0 radical (unpaired) electrons. The van der Waals surface area contributed by atoms with E-state index in [1.54, 1.807) is 36.4 Å². The van der Waals surface area contributed by atoms with Crippen molar-refractivity contribution in [2.45, 2.75) is 12.3 Å². The largest absolute Gasteiger partial charge is 0.424 e. The van der Waals surface area contributed by atoms with Gasteiger partial charge in [-0.25, -0.2) is 14.4 Å². The van der Waals surface area contributed by atoms with Gasteiger partial charge in [-0.3, -0.25) is 0 Å². The summed E-state index contributed by atoms with van der Waals surface area (Å²) in [6.45, 7) is 6.67. The molecule has 1 unspecified atom stereocenters. The van der Waals surface area contributed by atoms with Gasteiger partial charge in [0.15, 0.2) is 0 Å². The van der Waals surface area contributed by atoms with Gasteiger partial charge >= 0.3 is 17.6 Å². The third-order valence-corrected chi connectivity index (χ3v) is 3.97. The highest BCUT2D eigenvalue weighted by molar-refractivity contribution is 5.85. The molecular weight excluding hydrogens is 348 g/mol. The molecule has 136 valence electrons. The smallest absolute Gasteiger partial charge is 0.340 e. The number of rotatable bonds is 5. The molecule has 2 aromatic rings. The number of hydrogen-bond donors (Lipinski definition) is 0. The minimum absolute atomic E-state index is 0.199. The zero-order chi connectivity index (χ0) is 19.4. The van der Waals surface area contributed by atoms with Gasteiger partial charge in [0.2, 0.25) is 0 Å². The molecule has 1 aliphatic carbocycles. The maximum Gasteiger partial charge on any atom is 0.340 e. The number of esters is 2. The molecule has 27 heavy (non-hydrogen) atoms. The van der Waals surface area contributed by atoms with E-state index in [0.717, 1.165) is 12.2 Å². The number of benzene rings is 1. The van der Waals surface area contributed by atoms with Crippen LogP contribution in [0.15, 0.2) is 82.8 Å². The minimum atomic E-state index is -0.597. The molecule has 1 heterocycles. The van der Waals surface area contributed by atoms with Gasteiger partial charge in [0, 0.05) is 35.1 Å². The molecule has 0 saturated heterocycles. The maximum atomic E-state index is 12.4. The summed E-state index contributed by atoms with van der Waals surface area (Å²) >= 11 is 0. The summed E-state index contributed by atoms with van der Waals surface area (Å²) in [5.41, 5.74) is 0.318. The summed E-state index contributed by atoms with van der Waals surface area (Å²) in [5, 5.41) is 0.698. The Labute approximate surface area is 154 Å². The van der Waals surface area contributed by atoms with Crippen LogP contribution < -0.4 is 10.4 Å². The fraction of sp³-hybridized carbons (Fsp3) is 0.0952. The SMILES string of the molecule is C=CC(=O)OC1=CCC(c2cc3ccc(OC(=O)C=C)cc3oc2=O)C=C1. The molecule has 0 bridgehead atoms. The normalized spacial score (nSPS) is 15.7. The van der Waals surface area contributed by atoms with Crippen molar-refractivity contribution in [1.82, 2.24) is 0 Å². The molecule has 0 aliphatic heterocycles. The lowest BCUT2D eigenvalue weighted by atomic mass is 9.92. The van der Waals surface area contributed by atoms with Crippen molar-refractivity contribution < 1.29 is 23.5 Å². The van der Waals surface area contributed by atoms with Gasteiger partial charge in [-0.15, -0.1) is 0 Å². The van der Waals surface area contributed by atoms with Gasteiger partial charge < -0.3 is 13.9 Å². The minimum Gasteiger partial charge on any atom is -0.424 e. The lowest BCUT2D eigenvalue weighted by Crippen LogP contribution is -2.13. The summed E-state index contributed by atoms with van der Waals surface area (Å²) < 4.78 is 15.5. The molecule has 1 atom stereocenters. The molecular formula is C21H16O6. The highest BCUT2D eigenvalue weighted by Gasteiger charge is 2.18. The molecule has 1 aliphatic rings. The molecule has 3 rings (SSSR count). The number of ether oxygens (including phenoxy) is 2. The van der Waals surface area contributed by atoms with Gasteiger partial charge in [-0.2, -0.15) is 0 Å². The molecule has 6 heteroatoms. The Kier molecular flexibility index (Phi) is 5.17. The Morgan fingerprint density at radius 3 is 2.52 bits per heavy atom. The topological polar surface area (TPSA) is 82.8 Å². The van der Waals surface area contributed by atoms with E-state index in [0.29, 0.717) is 28.7 Å². The van der Waals surface area contributed by atoms with E-state index >= 15 is 0 Å². The van der Waals surface area contributed by atoms with Crippen LogP contribution in [0.4, 0.5) is 0 Å². The first-order valence-electron chi connectivity index (χ1n) is 8.15. The van der Waals surface area contributed by atoms with E-state index in [2.05, 4.69) is 13.2 Å². The van der Waals surface area contributed by atoms with Crippen LogP contribution >= 0.6 is 0 Å². The van der Waals surface area contributed by atoms with Gasteiger partial charge in [0.25, 0.3) is 0 Å². The first-order valence-corrected chi connectivity index (χ1v) is 8.15. The maximum absolute atomic E-state index is 12.4. The van der Waals surface area contributed by atoms with Crippen LogP contribution in [-0.4, -0.2) is 11.9 Å². The zero-order valence-electron chi connectivity index (χ0n) is 14.3. The Bertz CT molecular complexity index is 1050. The van der Waals surface area contributed by atoms with Crippen molar-refractivity contribution in [3.8, 4) is 5.75 Å². The third-order valence-electron chi connectivity index (χ3n) is 3.97. The summed E-state index contributed by atoms with van der Waals surface area (Å²) in [7, 11) is 0. The number of carbonyl (C=O) groups excluding carboxylic acids is 2. The predicted molar refractivity (Wildman–Crippen MR) is 99.2 cm³/mol. The lowest BCUT2D eigenvalue weighted by molar-refractivity contribution is -0.133. The highest BCUT2D eigenvalue weighted by atomic mass is 16.5. The monoisotopic (exact) mass is 364 g/mol. The summed E-state index contributed by atoms with van der Waals surface area (Å²) in [6, 6.07) is 6.53. The molecule has 0 N–H and O–H groups in total. The van der Waals surface area contributed by atoms with Crippen molar-refractivity contribution in [1.29, 1.82) is 0 Å². The van der Waals surface area contributed by atoms with Crippen LogP contribution in [0.2, 0.25) is 0 Å². The van der Waals surface area contributed by atoms with E-state index in [-0.39, 0.29) is 11.7 Å². The first-order chi connectivity index (χ1) is 13.0. The molecule has 0 amide bonds. The van der Waals surface area contributed by atoms with Crippen molar-refractivity contribution in [2.75, 3.05) is 0 Å². The van der Waals surface area contributed by atoms with E-state index in [1.165, 1.54) is 6.07 Å². The van der Waals surface area contributed by atoms with Crippen LogP contribution in [0.3, 0.4) is 0 Å². The van der Waals surface area contributed by atoms with E-state index in [9.17, 15) is 14.4 Å².